The predicted molar refractivity (Wildman–Crippen MR) is 85.4 cm³/mol. The number of nitrogens with zero attached hydrogens (tertiary/aromatic N) is 2. The van der Waals surface area contributed by atoms with Gasteiger partial charge in [0.25, 0.3) is 0 Å². The van der Waals surface area contributed by atoms with Gasteiger partial charge >= 0.3 is 0 Å². The maximum absolute atomic E-state index is 12.9. The average Bonchev–Trinajstić information content (AvgIpc) is 2.80. The van der Waals surface area contributed by atoms with Crippen LogP contribution in [0, 0.1) is 12.8 Å². The normalized spacial score (nSPS) is 27.9. The average molecular weight is 338 g/mol. The summed E-state index contributed by atoms with van der Waals surface area (Å²) in [4.78, 5) is 14.1. The highest BCUT2D eigenvalue weighted by Crippen LogP contribution is 2.35. The number of hydrogen-bond acceptors (Lipinski definition) is 4. The van der Waals surface area contributed by atoms with Crippen LogP contribution in [0.25, 0.3) is 0 Å². The Morgan fingerprint density at radius 1 is 1.26 bits per heavy atom. The molecule has 0 aromatic heterocycles. The summed E-state index contributed by atoms with van der Waals surface area (Å²) in [5, 5.41) is 0. The highest BCUT2D eigenvalue weighted by atomic mass is 32.2. The van der Waals surface area contributed by atoms with Crippen LogP contribution in [0.5, 0.6) is 0 Å². The van der Waals surface area contributed by atoms with Crippen LogP contribution in [0.3, 0.4) is 0 Å². The molecule has 3 rings (SSSR count). The number of morpholine rings is 1. The molecule has 2 heterocycles. The van der Waals surface area contributed by atoms with E-state index in [0.717, 1.165) is 5.56 Å². The summed E-state index contributed by atoms with van der Waals surface area (Å²) in [7, 11) is -0.130. The van der Waals surface area contributed by atoms with Crippen LogP contribution in [-0.2, 0) is 19.6 Å². The van der Waals surface area contributed by atoms with Gasteiger partial charge < -0.3 is 9.64 Å². The number of ether oxygens (including phenoxy) is 1. The second kappa shape index (κ2) is 5.89. The molecule has 2 saturated heterocycles. The van der Waals surface area contributed by atoms with E-state index in [-0.39, 0.29) is 30.6 Å². The van der Waals surface area contributed by atoms with Crippen LogP contribution in [0.15, 0.2) is 29.2 Å². The van der Waals surface area contributed by atoms with Crippen molar-refractivity contribution in [1.82, 2.24) is 9.21 Å². The molecule has 3 atom stereocenters. The fourth-order valence-electron chi connectivity index (χ4n) is 3.40. The van der Waals surface area contributed by atoms with Crippen molar-refractivity contribution in [3.05, 3.63) is 29.8 Å². The third kappa shape index (κ3) is 2.88. The number of aryl methyl sites for hydroxylation is 1. The number of sulfonamides is 1. The quantitative estimate of drug-likeness (QED) is 0.820. The Kier molecular flexibility index (Phi) is 4.20. The molecule has 2 aliphatic heterocycles. The SMILES string of the molecule is Cc1ccccc1S(=O)(=O)N1C[C@@H]2C[C@@H](C(=O)N(C)C)[C@H](C1)O2. The zero-order valence-electron chi connectivity index (χ0n) is 13.6. The molecule has 1 aromatic carbocycles. The number of fused-ring (bicyclic) bond motifs is 2. The van der Waals surface area contributed by atoms with E-state index in [9.17, 15) is 13.2 Å². The molecule has 7 heteroatoms. The van der Waals surface area contributed by atoms with Crippen molar-refractivity contribution in [1.29, 1.82) is 0 Å². The van der Waals surface area contributed by atoms with Crippen molar-refractivity contribution in [3.63, 3.8) is 0 Å². The lowest BCUT2D eigenvalue weighted by Gasteiger charge is -2.32. The van der Waals surface area contributed by atoms with Gasteiger partial charge in [0.2, 0.25) is 15.9 Å². The molecule has 0 aliphatic carbocycles. The lowest BCUT2D eigenvalue weighted by molar-refractivity contribution is -0.135. The predicted octanol–water partition coefficient (Wildman–Crippen LogP) is 0.861. The molecule has 126 valence electrons. The van der Waals surface area contributed by atoms with Gasteiger partial charge in [0.1, 0.15) is 0 Å². The van der Waals surface area contributed by atoms with Gasteiger partial charge in [-0.1, -0.05) is 18.2 Å². The molecule has 0 N–H and O–H groups in total. The summed E-state index contributed by atoms with van der Waals surface area (Å²) in [5.41, 5.74) is 0.729. The van der Waals surface area contributed by atoms with E-state index in [0.29, 0.717) is 17.9 Å². The van der Waals surface area contributed by atoms with Crippen molar-refractivity contribution in [2.24, 2.45) is 5.92 Å². The van der Waals surface area contributed by atoms with Crippen molar-refractivity contribution in [2.75, 3.05) is 27.2 Å². The zero-order chi connectivity index (χ0) is 16.8. The molecular formula is C16H22N2O4S. The third-order valence-corrected chi connectivity index (χ3v) is 6.58. The summed E-state index contributed by atoms with van der Waals surface area (Å²) in [6, 6.07) is 6.97. The highest BCUT2D eigenvalue weighted by Gasteiger charge is 2.48. The molecule has 0 saturated carbocycles. The van der Waals surface area contributed by atoms with E-state index in [1.54, 1.807) is 44.1 Å². The molecule has 2 bridgehead atoms. The molecule has 6 nitrogen and oxygen atoms in total. The monoisotopic (exact) mass is 338 g/mol. The van der Waals surface area contributed by atoms with Crippen LogP contribution < -0.4 is 0 Å². The molecule has 0 spiro atoms. The number of benzene rings is 1. The first-order chi connectivity index (χ1) is 10.8. The van der Waals surface area contributed by atoms with Crippen LogP contribution in [0.1, 0.15) is 12.0 Å². The fraction of sp³-hybridized carbons (Fsp3) is 0.562. The number of carbonyl (C=O) groups is 1. The summed E-state index contributed by atoms with van der Waals surface area (Å²) >= 11 is 0. The molecule has 2 aliphatic rings. The lowest BCUT2D eigenvalue weighted by atomic mass is 9.99. The van der Waals surface area contributed by atoms with Gasteiger partial charge in [0.05, 0.1) is 23.0 Å². The second-order valence-electron chi connectivity index (χ2n) is 6.46. The van der Waals surface area contributed by atoms with Gasteiger partial charge in [-0.3, -0.25) is 4.79 Å². The molecule has 1 aromatic rings. The Balaban J connectivity index is 1.85. The van der Waals surface area contributed by atoms with Gasteiger partial charge in [0, 0.05) is 27.2 Å². The summed E-state index contributed by atoms with van der Waals surface area (Å²) in [6.45, 7) is 2.34. The summed E-state index contributed by atoms with van der Waals surface area (Å²) in [6.07, 6.45) is 0.0189. The zero-order valence-corrected chi connectivity index (χ0v) is 14.4. The van der Waals surface area contributed by atoms with Gasteiger partial charge in [-0.15, -0.1) is 0 Å². The Morgan fingerprint density at radius 3 is 2.61 bits per heavy atom. The number of rotatable bonds is 3. The van der Waals surface area contributed by atoms with Gasteiger partial charge in [-0.25, -0.2) is 8.42 Å². The minimum atomic E-state index is -3.56. The largest absolute Gasteiger partial charge is 0.371 e. The second-order valence-corrected chi connectivity index (χ2v) is 8.37. The smallest absolute Gasteiger partial charge is 0.243 e. The van der Waals surface area contributed by atoms with E-state index in [4.69, 9.17) is 4.74 Å². The Labute approximate surface area is 137 Å². The lowest BCUT2D eigenvalue weighted by Crippen LogP contribution is -2.47. The summed E-state index contributed by atoms with van der Waals surface area (Å²) in [5.74, 6) is -0.250. The Morgan fingerprint density at radius 2 is 1.96 bits per heavy atom. The van der Waals surface area contributed by atoms with Crippen LogP contribution in [0.4, 0.5) is 0 Å². The van der Waals surface area contributed by atoms with Crippen molar-refractivity contribution in [2.45, 2.75) is 30.4 Å². The number of carbonyl (C=O) groups excluding carboxylic acids is 1. The topological polar surface area (TPSA) is 66.9 Å². The Bertz CT molecular complexity index is 717. The first-order valence-electron chi connectivity index (χ1n) is 7.73. The standard InChI is InChI=1S/C16H22N2O4S/c1-11-6-4-5-7-15(11)23(20,21)18-9-12-8-13(14(10-18)22-12)16(19)17(2)3/h4-7,12-14H,8-10H2,1-3H3/t12-,13+,14-/m0/s1. The minimum absolute atomic E-state index is 0.00707. The highest BCUT2D eigenvalue weighted by molar-refractivity contribution is 7.89. The first kappa shape index (κ1) is 16.4. The maximum Gasteiger partial charge on any atom is 0.243 e. The first-order valence-corrected chi connectivity index (χ1v) is 9.17. The van der Waals surface area contributed by atoms with E-state index < -0.39 is 10.0 Å². The van der Waals surface area contributed by atoms with Crippen molar-refractivity contribution < 1.29 is 17.9 Å². The van der Waals surface area contributed by atoms with E-state index in [1.807, 2.05) is 6.07 Å². The van der Waals surface area contributed by atoms with Crippen LogP contribution >= 0.6 is 0 Å². The molecule has 2 fully saturated rings. The number of amides is 1. The maximum atomic E-state index is 12.9. The van der Waals surface area contributed by atoms with E-state index >= 15 is 0 Å². The van der Waals surface area contributed by atoms with E-state index in [2.05, 4.69) is 0 Å². The van der Waals surface area contributed by atoms with Gasteiger partial charge in [0.15, 0.2) is 0 Å². The fourth-order valence-corrected chi connectivity index (χ4v) is 5.10. The van der Waals surface area contributed by atoms with Crippen LogP contribution in [0.2, 0.25) is 0 Å². The van der Waals surface area contributed by atoms with Gasteiger partial charge in [-0.05, 0) is 25.0 Å². The molecule has 0 unspecified atom stereocenters. The van der Waals surface area contributed by atoms with Gasteiger partial charge in [-0.2, -0.15) is 4.31 Å². The van der Waals surface area contributed by atoms with Crippen LogP contribution in [-0.4, -0.2) is 62.9 Å². The minimum Gasteiger partial charge on any atom is -0.371 e. The molecule has 23 heavy (non-hydrogen) atoms. The third-order valence-electron chi connectivity index (χ3n) is 4.59. The molecule has 1 amide bonds. The molecular weight excluding hydrogens is 316 g/mol. The van der Waals surface area contributed by atoms with Crippen molar-refractivity contribution in [3.8, 4) is 0 Å². The van der Waals surface area contributed by atoms with E-state index in [1.165, 1.54) is 4.31 Å². The Hall–Kier alpha value is -1.44. The van der Waals surface area contributed by atoms with Crippen molar-refractivity contribution >= 4 is 15.9 Å². The summed E-state index contributed by atoms with van der Waals surface area (Å²) < 4.78 is 33.1. The molecule has 0 radical (unpaired) electrons. The number of hydrogen-bond donors (Lipinski definition) is 0.